The molecule has 0 spiro atoms. The normalized spacial score (nSPS) is 23.1. The van der Waals surface area contributed by atoms with Crippen LogP contribution in [0.3, 0.4) is 0 Å². The van der Waals surface area contributed by atoms with Crippen molar-refractivity contribution in [2.24, 2.45) is 11.8 Å². The van der Waals surface area contributed by atoms with Crippen molar-refractivity contribution in [3.8, 4) is 5.75 Å². The third-order valence-corrected chi connectivity index (χ3v) is 3.93. The van der Waals surface area contributed by atoms with Crippen molar-refractivity contribution in [2.45, 2.75) is 46.0 Å². The van der Waals surface area contributed by atoms with Crippen molar-refractivity contribution in [3.05, 3.63) is 18.3 Å². The Hall–Kier alpha value is -1.25. The molecule has 3 heteroatoms. The Kier molecular flexibility index (Phi) is 5.49. The number of pyridine rings is 1. The lowest BCUT2D eigenvalue weighted by Crippen LogP contribution is -2.20. The van der Waals surface area contributed by atoms with Gasteiger partial charge in [-0.3, -0.25) is 0 Å². The smallest absolute Gasteiger partial charge is 0.168 e. The number of anilines is 1. The highest BCUT2D eigenvalue weighted by molar-refractivity contribution is 5.49. The number of nitrogens with one attached hydrogen (secondary N) is 1. The van der Waals surface area contributed by atoms with Gasteiger partial charge in [-0.05, 0) is 43.2 Å². The van der Waals surface area contributed by atoms with Crippen molar-refractivity contribution in [1.82, 2.24) is 4.98 Å². The largest absolute Gasteiger partial charge is 0.490 e. The van der Waals surface area contributed by atoms with Crippen LogP contribution in [-0.4, -0.2) is 18.1 Å². The van der Waals surface area contributed by atoms with E-state index in [1.165, 1.54) is 25.7 Å². The molecule has 0 atom stereocenters. The minimum atomic E-state index is 0.751. The molecule has 1 aliphatic carbocycles. The predicted molar refractivity (Wildman–Crippen MR) is 79.6 cm³/mol. The molecule has 0 unspecified atom stereocenters. The maximum absolute atomic E-state index is 5.72. The molecule has 0 aliphatic heterocycles. The Labute approximate surface area is 116 Å². The number of rotatable bonds is 6. The topological polar surface area (TPSA) is 34.1 Å². The number of nitrogens with zero attached hydrogens (tertiary/aromatic N) is 1. The van der Waals surface area contributed by atoms with Crippen LogP contribution >= 0.6 is 0 Å². The lowest BCUT2D eigenvalue weighted by molar-refractivity contribution is 0.298. The Morgan fingerprint density at radius 3 is 2.84 bits per heavy atom. The van der Waals surface area contributed by atoms with Gasteiger partial charge in [0.05, 0.1) is 6.61 Å². The summed E-state index contributed by atoms with van der Waals surface area (Å²) >= 11 is 0. The molecule has 1 fully saturated rings. The standard InChI is InChI=1S/C16H26N2O/c1-3-11-19-15-5-4-10-17-16(15)18-12-14-8-6-13(2)7-9-14/h4-5,10,13-14H,3,6-9,11-12H2,1-2H3,(H,17,18). The maximum atomic E-state index is 5.72. The summed E-state index contributed by atoms with van der Waals surface area (Å²) in [6.07, 6.45) is 8.26. The summed E-state index contributed by atoms with van der Waals surface area (Å²) < 4.78 is 5.72. The molecule has 0 bridgehead atoms. The maximum Gasteiger partial charge on any atom is 0.168 e. The second kappa shape index (κ2) is 7.37. The molecule has 1 aromatic rings. The molecule has 1 N–H and O–H groups in total. The van der Waals surface area contributed by atoms with Gasteiger partial charge in [-0.1, -0.05) is 26.7 Å². The zero-order valence-corrected chi connectivity index (χ0v) is 12.2. The molecule has 2 rings (SSSR count). The van der Waals surface area contributed by atoms with Crippen LogP contribution in [0.5, 0.6) is 5.75 Å². The summed E-state index contributed by atoms with van der Waals surface area (Å²) in [6, 6.07) is 3.92. The van der Waals surface area contributed by atoms with Gasteiger partial charge in [-0.2, -0.15) is 0 Å². The van der Waals surface area contributed by atoms with E-state index in [1.807, 2.05) is 18.3 Å². The molecule has 19 heavy (non-hydrogen) atoms. The van der Waals surface area contributed by atoms with Crippen molar-refractivity contribution < 1.29 is 4.74 Å². The van der Waals surface area contributed by atoms with Gasteiger partial charge in [0.1, 0.15) is 0 Å². The van der Waals surface area contributed by atoms with Crippen LogP contribution in [0.4, 0.5) is 5.82 Å². The molecule has 0 saturated heterocycles. The third-order valence-electron chi connectivity index (χ3n) is 3.93. The quantitative estimate of drug-likeness (QED) is 0.837. The van der Waals surface area contributed by atoms with Gasteiger partial charge in [0.2, 0.25) is 0 Å². The summed E-state index contributed by atoms with van der Waals surface area (Å²) in [4.78, 5) is 4.39. The second-order valence-electron chi connectivity index (χ2n) is 5.71. The van der Waals surface area contributed by atoms with Gasteiger partial charge >= 0.3 is 0 Å². The number of ether oxygens (including phenoxy) is 1. The summed E-state index contributed by atoms with van der Waals surface area (Å²) in [5.41, 5.74) is 0. The fourth-order valence-corrected chi connectivity index (χ4v) is 2.63. The third kappa shape index (κ3) is 4.41. The van der Waals surface area contributed by atoms with Crippen LogP contribution in [0.1, 0.15) is 46.0 Å². The summed E-state index contributed by atoms with van der Waals surface area (Å²) in [5.74, 6) is 3.48. The number of hydrogen-bond acceptors (Lipinski definition) is 3. The first-order chi connectivity index (χ1) is 9.29. The van der Waals surface area contributed by atoms with E-state index >= 15 is 0 Å². The van der Waals surface area contributed by atoms with Crippen LogP contribution < -0.4 is 10.1 Å². The van der Waals surface area contributed by atoms with E-state index in [0.717, 1.165) is 43.0 Å². The predicted octanol–water partition coefficient (Wildman–Crippen LogP) is 4.11. The highest BCUT2D eigenvalue weighted by atomic mass is 16.5. The van der Waals surface area contributed by atoms with E-state index in [9.17, 15) is 0 Å². The first-order valence-electron chi connectivity index (χ1n) is 7.61. The fraction of sp³-hybridized carbons (Fsp3) is 0.688. The van der Waals surface area contributed by atoms with E-state index < -0.39 is 0 Å². The Bertz CT molecular complexity index is 373. The van der Waals surface area contributed by atoms with E-state index in [4.69, 9.17) is 4.74 Å². The molecule has 0 amide bonds. The van der Waals surface area contributed by atoms with E-state index in [0.29, 0.717) is 0 Å². The molecule has 1 aromatic heterocycles. The van der Waals surface area contributed by atoms with E-state index in [1.54, 1.807) is 0 Å². The molecule has 1 aliphatic rings. The number of hydrogen-bond donors (Lipinski definition) is 1. The average molecular weight is 262 g/mol. The number of aromatic nitrogens is 1. The van der Waals surface area contributed by atoms with Crippen LogP contribution in [0, 0.1) is 11.8 Å². The van der Waals surface area contributed by atoms with Gasteiger partial charge < -0.3 is 10.1 Å². The SMILES string of the molecule is CCCOc1cccnc1NCC1CCC(C)CC1. The summed E-state index contributed by atoms with van der Waals surface area (Å²) in [7, 11) is 0. The van der Waals surface area contributed by atoms with Crippen molar-refractivity contribution in [1.29, 1.82) is 0 Å². The van der Waals surface area contributed by atoms with Gasteiger partial charge in [-0.15, -0.1) is 0 Å². The lowest BCUT2D eigenvalue weighted by atomic mass is 9.83. The summed E-state index contributed by atoms with van der Waals surface area (Å²) in [5, 5.41) is 3.47. The monoisotopic (exact) mass is 262 g/mol. The van der Waals surface area contributed by atoms with Crippen molar-refractivity contribution >= 4 is 5.82 Å². The highest BCUT2D eigenvalue weighted by Gasteiger charge is 2.18. The van der Waals surface area contributed by atoms with Crippen LogP contribution in [0.15, 0.2) is 18.3 Å². The Morgan fingerprint density at radius 1 is 1.32 bits per heavy atom. The summed E-state index contributed by atoms with van der Waals surface area (Å²) in [6.45, 7) is 6.25. The average Bonchev–Trinajstić information content (AvgIpc) is 2.45. The van der Waals surface area contributed by atoms with Gasteiger partial charge in [-0.25, -0.2) is 4.98 Å². The van der Waals surface area contributed by atoms with E-state index in [2.05, 4.69) is 24.1 Å². The zero-order valence-electron chi connectivity index (χ0n) is 12.2. The van der Waals surface area contributed by atoms with Crippen LogP contribution in [0.25, 0.3) is 0 Å². The fourth-order valence-electron chi connectivity index (χ4n) is 2.63. The van der Waals surface area contributed by atoms with Crippen molar-refractivity contribution in [2.75, 3.05) is 18.5 Å². The highest BCUT2D eigenvalue weighted by Crippen LogP contribution is 2.29. The van der Waals surface area contributed by atoms with Gasteiger partial charge in [0.25, 0.3) is 0 Å². The minimum absolute atomic E-state index is 0.751. The molecule has 1 saturated carbocycles. The molecule has 1 heterocycles. The van der Waals surface area contributed by atoms with Crippen molar-refractivity contribution in [3.63, 3.8) is 0 Å². The first-order valence-corrected chi connectivity index (χ1v) is 7.61. The zero-order chi connectivity index (χ0) is 13.5. The van der Waals surface area contributed by atoms with Gasteiger partial charge in [0.15, 0.2) is 11.6 Å². The molecule has 0 radical (unpaired) electrons. The molecular formula is C16H26N2O. The van der Waals surface area contributed by atoms with Crippen LogP contribution in [-0.2, 0) is 0 Å². The lowest BCUT2D eigenvalue weighted by Gasteiger charge is -2.26. The Balaban J connectivity index is 1.84. The van der Waals surface area contributed by atoms with Gasteiger partial charge in [0, 0.05) is 12.7 Å². The molecular weight excluding hydrogens is 236 g/mol. The second-order valence-corrected chi connectivity index (χ2v) is 5.71. The Morgan fingerprint density at radius 2 is 2.11 bits per heavy atom. The molecule has 106 valence electrons. The van der Waals surface area contributed by atoms with E-state index in [-0.39, 0.29) is 0 Å². The minimum Gasteiger partial charge on any atom is -0.490 e. The first kappa shape index (κ1) is 14.2. The molecule has 3 nitrogen and oxygen atoms in total. The molecule has 0 aromatic carbocycles. The van der Waals surface area contributed by atoms with Crippen LogP contribution in [0.2, 0.25) is 0 Å².